The third kappa shape index (κ3) is 2.17. The van der Waals surface area contributed by atoms with Crippen molar-refractivity contribution in [3.05, 3.63) is 41.9 Å². The molecule has 0 saturated carbocycles. The van der Waals surface area contributed by atoms with Gasteiger partial charge in [0.1, 0.15) is 0 Å². The van der Waals surface area contributed by atoms with Crippen molar-refractivity contribution in [1.82, 2.24) is 14.8 Å². The molecule has 2 heterocycles. The van der Waals surface area contributed by atoms with Crippen LogP contribution in [0.2, 0.25) is 0 Å². The SMILES string of the molecule is O=C(O)c1cnc(-n2cccn2)cc1C(F)(F)F. The molecule has 0 unspecified atom stereocenters. The molecule has 0 saturated heterocycles. The third-order valence-corrected chi connectivity index (χ3v) is 2.16. The van der Waals surface area contributed by atoms with Gasteiger partial charge in [0.2, 0.25) is 0 Å². The smallest absolute Gasteiger partial charge is 0.417 e. The second kappa shape index (κ2) is 4.13. The van der Waals surface area contributed by atoms with Crippen LogP contribution in [0, 0.1) is 0 Å². The Hall–Kier alpha value is -2.38. The van der Waals surface area contributed by atoms with Crippen LogP contribution in [-0.2, 0) is 6.18 Å². The molecule has 0 atom stereocenters. The van der Waals surface area contributed by atoms with Gasteiger partial charge in [0.25, 0.3) is 0 Å². The second-order valence-electron chi connectivity index (χ2n) is 3.34. The van der Waals surface area contributed by atoms with Gasteiger partial charge in [-0.3, -0.25) is 0 Å². The van der Waals surface area contributed by atoms with E-state index in [0.717, 1.165) is 4.68 Å². The molecule has 1 N–H and O–H groups in total. The Morgan fingerprint density at radius 1 is 1.39 bits per heavy atom. The quantitative estimate of drug-likeness (QED) is 0.893. The zero-order chi connectivity index (χ0) is 13.3. The molecule has 0 aromatic carbocycles. The zero-order valence-electron chi connectivity index (χ0n) is 8.72. The summed E-state index contributed by atoms with van der Waals surface area (Å²) < 4.78 is 39.2. The number of carbonyl (C=O) groups is 1. The molecule has 2 aromatic rings. The van der Waals surface area contributed by atoms with Crippen LogP contribution in [0.3, 0.4) is 0 Å². The van der Waals surface area contributed by atoms with Crippen LogP contribution in [0.1, 0.15) is 15.9 Å². The third-order valence-electron chi connectivity index (χ3n) is 2.16. The van der Waals surface area contributed by atoms with Crippen molar-refractivity contribution in [3.63, 3.8) is 0 Å². The van der Waals surface area contributed by atoms with E-state index in [2.05, 4.69) is 10.1 Å². The number of hydrogen-bond acceptors (Lipinski definition) is 3. The Bertz CT molecular complexity index is 579. The Kier molecular flexibility index (Phi) is 2.77. The van der Waals surface area contributed by atoms with E-state index in [1.807, 2.05) is 0 Å². The molecule has 0 radical (unpaired) electrons. The number of carboxylic acid groups (broad SMARTS) is 1. The number of carboxylic acids is 1. The molecule has 8 heteroatoms. The summed E-state index contributed by atoms with van der Waals surface area (Å²) in [5.41, 5.74) is -2.14. The maximum atomic E-state index is 12.7. The van der Waals surface area contributed by atoms with E-state index in [1.165, 1.54) is 18.5 Å². The first kappa shape index (κ1) is 12.1. The van der Waals surface area contributed by atoms with Gasteiger partial charge in [-0.1, -0.05) is 0 Å². The number of pyridine rings is 1. The molecule has 5 nitrogen and oxygen atoms in total. The van der Waals surface area contributed by atoms with E-state index >= 15 is 0 Å². The minimum Gasteiger partial charge on any atom is -0.478 e. The summed E-state index contributed by atoms with van der Waals surface area (Å²) in [7, 11) is 0. The van der Waals surface area contributed by atoms with E-state index in [0.29, 0.717) is 12.3 Å². The van der Waals surface area contributed by atoms with Crippen LogP contribution < -0.4 is 0 Å². The Labute approximate surface area is 98.5 Å². The fourth-order valence-corrected chi connectivity index (χ4v) is 1.38. The molecular weight excluding hydrogens is 251 g/mol. The summed E-state index contributed by atoms with van der Waals surface area (Å²) >= 11 is 0. The highest BCUT2D eigenvalue weighted by Gasteiger charge is 2.36. The van der Waals surface area contributed by atoms with Gasteiger partial charge in [0.05, 0.1) is 11.1 Å². The summed E-state index contributed by atoms with van der Waals surface area (Å²) in [4.78, 5) is 14.3. The number of nitrogens with zero attached hydrogens (tertiary/aromatic N) is 3. The summed E-state index contributed by atoms with van der Waals surface area (Å²) in [6.45, 7) is 0. The van der Waals surface area contributed by atoms with Gasteiger partial charge >= 0.3 is 12.1 Å². The predicted molar refractivity (Wildman–Crippen MR) is 53.3 cm³/mol. The molecule has 2 rings (SSSR count). The van der Waals surface area contributed by atoms with Crippen LogP contribution >= 0.6 is 0 Å². The topological polar surface area (TPSA) is 68.0 Å². The normalized spacial score (nSPS) is 11.5. The predicted octanol–water partition coefficient (Wildman–Crippen LogP) is 1.98. The molecule has 0 aliphatic carbocycles. The first-order valence-electron chi connectivity index (χ1n) is 4.70. The molecule has 0 bridgehead atoms. The van der Waals surface area contributed by atoms with Gasteiger partial charge in [0, 0.05) is 18.6 Å². The van der Waals surface area contributed by atoms with Crippen molar-refractivity contribution < 1.29 is 23.1 Å². The molecule has 0 aliphatic rings. The maximum Gasteiger partial charge on any atom is 0.417 e. The number of aromatic carboxylic acids is 1. The van der Waals surface area contributed by atoms with E-state index in [4.69, 9.17) is 5.11 Å². The molecule has 18 heavy (non-hydrogen) atoms. The average Bonchev–Trinajstić information content (AvgIpc) is 2.80. The first-order valence-corrected chi connectivity index (χ1v) is 4.70. The standard InChI is InChI=1S/C10H6F3N3O2/c11-10(12,13)7-4-8(16-3-1-2-15-16)14-5-6(7)9(17)18/h1-5H,(H,17,18). The van der Waals surface area contributed by atoms with E-state index in [1.54, 1.807) is 0 Å². The van der Waals surface area contributed by atoms with Crippen molar-refractivity contribution in [2.45, 2.75) is 6.18 Å². The minimum atomic E-state index is -4.77. The molecule has 0 aliphatic heterocycles. The fourth-order valence-electron chi connectivity index (χ4n) is 1.38. The number of aromatic nitrogens is 3. The van der Waals surface area contributed by atoms with Gasteiger partial charge in [-0.25, -0.2) is 14.5 Å². The molecular formula is C10H6F3N3O2. The summed E-state index contributed by atoms with van der Waals surface area (Å²) in [5, 5.41) is 12.4. The van der Waals surface area contributed by atoms with Gasteiger partial charge in [-0.2, -0.15) is 18.3 Å². The zero-order valence-corrected chi connectivity index (χ0v) is 8.72. The largest absolute Gasteiger partial charge is 0.478 e. The first-order chi connectivity index (χ1) is 8.39. The molecule has 0 amide bonds. The lowest BCUT2D eigenvalue weighted by Gasteiger charge is -2.11. The van der Waals surface area contributed by atoms with Crippen molar-refractivity contribution in [3.8, 4) is 5.82 Å². The lowest BCUT2D eigenvalue weighted by Crippen LogP contribution is -2.15. The van der Waals surface area contributed by atoms with Crippen LogP contribution in [0.5, 0.6) is 0 Å². The van der Waals surface area contributed by atoms with Crippen molar-refractivity contribution in [2.24, 2.45) is 0 Å². The highest BCUT2D eigenvalue weighted by molar-refractivity contribution is 5.89. The average molecular weight is 257 g/mol. The highest BCUT2D eigenvalue weighted by atomic mass is 19.4. The lowest BCUT2D eigenvalue weighted by molar-refractivity contribution is -0.138. The molecule has 2 aromatic heterocycles. The van der Waals surface area contributed by atoms with Gasteiger partial charge in [-0.05, 0) is 12.1 Å². The van der Waals surface area contributed by atoms with Gasteiger partial charge in [0.15, 0.2) is 5.82 Å². The lowest BCUT2D eigenvalue weighted by atomic mass is 10.1. The van der Waals surface area contributed by atoms with Crippen LogP contribution in [0.25, 0.3) is 5.82 Å². The van der Waals surface area contributed by atoms with Crippen molar-refractivity contribution >= 4 is 5.97 Å². The summed E-state index contributed by atoms with van der Waals surface area (Å²) in [5.74, 6) is -1.78. The van der Waals surface area contributed by atoms with Crippen LogP contribution in [0.15, 0.2) is 30.7 Å². The number of rotatable bonds is 2. The van der Waals surface area contributed by atoms with Crippen molar-refractivity contribution in [2.75, 3.05) is 0 Å². The summed E-state index contributed by atoms with van der Waals surface area (Å²) in [6.07, 6.45) is -1.32. The minimum absolute atomic E-state index is 0.0997. The number of alkyl halides is 3. The maximum absolute atomic E-state index is 12.7. The molecule has 94 valence electrons. The van der Waals surface area contributed by atoms with Gasteiger partial charge < -0.3 is 5.11 Å². The Morgan fingerprint density at radius 3 is 2.61 bits per heavy atom. The highest BCUT2D eigenvalue weighted by Crippen LogP contribution is 2.32. The van der Waals surface area contributed by atoms with E-state index < -0.39 is 23.3 Å². The number of halogens is 3. The number of hydrogen-bond donors (Lipinski definition) is 1. The van der Waals surface area contributed by atoms with Crippen LogP contribution in [0.4, 0.5) is 13.2 Å². The fraction of sp³-hybridized carbons (Fsp3) is 0.100. The Morgan fingerprint density at radius 2 is 2.11 bits per heavy atom. The molecule has 0 spiro atoms. The molecule has 0 fully saturated rings. The van der Waals surface area contributed by atoms with Crippen molar-refractivity contribution in [1.29, 1.82) is 0 Å². The van der Waals surface area contributed by atoms with E-state index in [9.17, 15) is 18.0 Å². The summed E-state index contributed by atoms with van der Waals surface area (Å²) in [6, 6.07) is 2.16. The second-order valence-corrected chi connectivity index (χ2v) is 3.34. The Balaban J connectivity index is 2.60. The monoisotopic (exact) mass is 257 g/mol. The van der Waals surface area contributed by atoms with E-state index in [-0.39, 0.29) is 5.82 Å². The van der Waals surface area contributed by atoms with Crippen LogP contribution in [-0.4, -0.2) is 25.8 Å². The van der Waals surface area contributed by atoms with Gasteiger partial charge in [-0.15, -0.1) is 0 Å².